The SMILES string of the molecule is CCCCCCCC(=O)NCc1cccc2c1NCCC2. The summed E-state index contributed by atoms with van der Waals surface area (Å²) in [6.45, 7) is 3.89. The van der Waals surface area contributed by atoms with Crippen LogP contribution in [0.3, 0.4) is 0 Å². The van der Waals surface area contributed by atoms with Crippen molar-refractivity contribution in [3.05, 3.63) is 29.3 Å². The minimum absolute atomic E-state index is 0.180. The van der Waals surface area contributed by atoms with Crippen molar-refractivity contribution in [3.63, 3.8) is 0 Å². The molecule has 2 rings (SSSR count). The van der Waals surface area contributed by atoms with Crippen molar-refractivity contribution in [2.75, 3.05) is 11.9 Å². The van der Waals surface area contributed by atoms with Crippen LogP contribution in [0.1, 0.15) is 63.0 Å². The van der Waals surface area contributed by atoms with Crippen molar-refractivity contribution in [3.8, 4) is 0 Å². The van der Waals surface area contributed by atoms with Crippen molar-refractivity contribution in [2.45, 2.75) is 64.8 Å². The second-order valence-electron chi connectivity index (χ2n) is 5.92. The lowest BCUT2D eigenvalue weighted by atomic mass is 9.99. The number of amides is 1. The number of aryl methyl sites for hydroxylation is 1. The Bertz CT molecular complexity index is 457. The van der Waals surface area contributed by atoms with E-state index in [1.807, 2.05) is 0 Å². The van der Waals surface area contributed by atoms with Gasteiger partial charge in [-0.15, -0.1) is 0 Å². The Labute approximate surface area is 128 Å². The van der Waals surface area contributed by atoms with Gasteiger partial charge in [0.15, 0.2) is 0 Å². The van der Waals surface area contributed by atoms with E-state index in [4.69, 9.17) is 0 Å². The lowest BCUT2D eigenvalue weighted by molar-refractivity contribution is -0.121. The van der Waals surface area contributed by atoms with Crippen LogP contribution in [0.4, 0.5) is 5.69 Å². The standard InChI is InChI=1S/C18H28N2O/c1-2-3-4-5-6-12-17(21)20-14-16-10-7-9-15-11-8-13-19-18(15)16/h7,9-10,19H,2-6,8,11-14H2,1H3,(H,20,21). The maximum Gasteiger partial charge on any atom is 0.220 e. The van der Waals surface area contributed by atoms with E-state index in [1.54, 1.807) is 0 Å². The predicted molar refractivity (Wildman–Crippen MR) is 88.5 cm³/mol. The average Bonchev–Trinajstić information content (AvgIpc) is 2.52. The van der Waals surface area contributed by atoms with Gasteiger partial charge in [0, 0.05) is 25.2 Å². The molecular formula is C18H28N2O. The van der Waals surface area contributed by atoms with Gasteiger partial charge in [0.2, 0.25) is 5.91 Å². The molecule has 0 spiro atoms. The molecular weight excluding hydrogens is 260 g/mol. The molecule has 2 N–H and O–H groups in total. The maximum absolute atomic E-state index is 11.9. The molecule has 1 aromatic carbocycles. The number of hydrogen-bond acceptors (Lipinski definition) is 2. The molecule has 0 fully saturated rings. The monoisotopic (exact) mass is 288 g/mol. The van der Waals surface area contributed by atoms with Gasteiger partial charge < -0.3 is 10.6 Å². The molecule has 3 heteroatoms. The van der Waals surface area contributed by atoms with Gasteiger partial charge in [-0.25, -0.2) is 0 Å². The van der Waals surface area contributed by atoms with Gasteiger partial charge >= 0.3 is 0 Å². The summed E-state index contributed by atoms with van der Waals surface area (Å²) in [7, 11) is 0. The lowest BCUT2D eigenvalue weighted by Crippen LogP contribution is -2.24. The number of unbranched alkanes of at least 4 members (excludes halogenated alkanes) is 4. The summed E-state index contributed by atoms with van der Waals surface area (Å²) in [5, 5.41) is 6.53. The highest BCUT2D eigenvalue weighted by Crippen LogP contribution is 2.25. The zero-order valence-electron chi connectivity index (χ0n) is 13.2. The fraction of sp³-hybridized carbons (Fsp3) is 0.611. The molecule has 3 nitrogen and oxygen atoms in total. The summed E-state index contributed by atoms with van der Waals surface area (Å²) >= 11 is 0. The summed E-state index contributed by atoms with van der Waals surface area (Å²) in [6.07, 6.45) is 8.95. The minimum Gasteiger partial charge on any atom is -0.385 e. The van der Waals surface area contributed by atoms with Gasteiger partial charge in [-0.1, -0.05) is 50.8 Å². The van der Waals surface area contributed by atoms with Gasteiger partial charge in [0.25, 0.3) is 0 Å². The van der Waals surface area contributed by atoms with E-state index < -0.39 is 0 Å². The molecule has 1 aliphatic rings. The number of carbonyl (C=O) groups is 1. The average molecular weight is 288 g/mol. The first-order valence-corrected chi connectivity index (χ1v) is 8.42. The fourth-order valence-corrected chi connectivity index (χ4v) is 2.90. The fourth-order valence-electron chi connectivity index (χ4n) is 2.90. The van der Waals surface area contributed by atoms with Gasteiger partial charge in [-0.05, 0) is 30.4 Å². The third-order valence-electron chi connectivity index (χ3n) is 4.15. The van der Waals surface area contributed by atoms with Crippen LogP contribution in [0.25, 0.3) is 0 Å². The normalized spacial score (nSPS) is 13.4. The molecule has 116 valence electrons. The Balaban J connectivity index is 1.74. The first-order valence-electron chi connectivity index (χ1n) is 8.42. The molecule has 1 aliphatic heterocycles. The van der Waals surface area contributed by atoms with Crippen LogP contribution in [0.15, 0.2) is 18.2 Å². The Morgan fingerprint density at radius 1 is 1.24 bits per heavy atom. The van der Waals surface area contributed by atoms with E-state index in [0.717, 1.165) is 19.4 Å². The number of fused-ring (bicyclic) bond motifs is 1. The Kier molecular flexibility index (Phi) is 6.58. The number of rotatable bonds is 8. The number of anilines is 1. The predicted octanol–water partition coefficient (Wildman–Crippen LogP) is 4.02. The van der Waals surface area contributed by atoms with Crippen LogP contribution in [0.2, 0.25) is 0 Å². The summed E-state index contributed by atoms with van der Waals surface area (Å²) in [5.41, 5.74) is 3.84. The number of para-hydroxylation sites is 1. The van der Waals surface area contributed by atoms with Crippen molar-refractivity contribution in [1.82, 2.24) is 5.32 Å². The molecule has 0 atom stereocenters. The third kappa shape index (κ3) is 5.07. The molecule has 0 saturated carbocycles. The highest BCUT2D eigenvalue weighted by molar-refractivity contribution is 5.76. The lowest BCUT2D eigenvalue weighted by Gasteiger charge is -2.21. The van der Waals surface area contributed by atoms with Gasteiger partial charge in [0.05, 0.1) is 0 Å². The van der Waals surface area contributed by atoms with Crippen molar-refractivity contribution in [2.24, 2.45) is 0 Å². The largest absolute Gasteiger partial charge is 0.385 e. The second-order valence-corrected chi connectivity index (χ2v) is 5.92. The summed E-state index contributed by atoms with van der Waals surface area (Å²) in [6, 6.07) is 6.39. The molecule has 0 unspecified atom stereocenters. The van der Waals surface area contributed by atoms with Crippen LogP contribution in [0, 0.1) is 0 Å². The highest BCUT2D eigenvalue weighted by atomic mass is 16.1. The highest BCUT2D eigenvalue weighted by Gasteiger charge is 2.12. The zero-order chi connectivity index (χ0) is 14.9. The number of hydrogen-bond donors (Lipinski definition) is 2. The summed E-state index contributed by atoms with van der Waals surface area (Å²) in [5.74, 6) is 0.180. The van der Waals surface area contributed by atoms with E-state index in [0.29, 0.717) is 13.0 Å². The van der Waals surface area contributed by atoms with Gasteiger partial charge in [0.1, 0.15) is 0 Å². The van der Waals surface area contributed by atoms with E-state index >= 15 is 0 Å². The summed E-state index contributed by atoms with van der Waals surface area (Å²) < 4.78 is 0. The minimum atomic E-state index is 0.180. The first kappa shape index (κ1) is 15.9. The van der Waals surface area contributed by atoms with Crippen LogP contribution >= 0.6 is 0 Å². The molecule has 1 heterocycles. The second kappa shape index (κ2) is 8.71. The topological polar surface area (TPSA) is 41.1 Å². The zero-order valence-corrected chi connectivity index (χ0v) is 13.2. The Morgan fingerprint density at radius 2 is 2.10 bits per heavy atom. The van der Waals surface area contributed by atoms with Crippen LogP contribution in [0.5, 0.6) is 0 Å². The van der Waals surface area contributed by atoms with E-state index in [9.17, 15) is 4.79 Å². The summed E-state index contributed by atoms with van der Waals surface area (Å²) in [4.78, 5) is 11.9. The van der Waals surface area contributed by atoms with E-state index in [-0.39, 0.29) is 5.91 Å². The molecule has 0 aromatic heterocycles. The molecule has 0 bridgehead atoms. The van der Waals surface area contributed by atoms with E-state index in [1.165, 1.54) is 48.9 Å². The molecule has 21 heavy (non-hydrogen) atoms. The Morgan fingerprint density at radius 3 is 2.95 bits per heavy atom. The molecule has 0 saturated heterocycles. The number of benzene rings is 1. The van der Waals surface area contributed by atoms with Crippen molar-refractivity contribution in [1.29, 1.82) is 0 Å². The van der Waals surface area contributed by atoms with Crippen molar-refractivity contribution < 1.29 is 4.79 Å². The quantitative estimate of drug-likeness (QED) is 0.709. The number of nitrogens with one attached hydrogen (secondary N) is 2. The molecule has 0 aliphatic carbocycles. The molecule has 0 radical (unpaired) electrons. The molecule has 1 amide bonds. The van der Waals surface area contributed by atoms with Crippen LogP contribution < -0.4 is 10.6 Å². The Hall–Kier alpha value is -1.51. The van der Waals surface area contributed by atoms with Crippen molar-refractivity contribution >= 4 is 11.6 Å². The van der Waals surface area contributed by atoms with E-state index in [2.05, 4.69) is 35.8 Å². The first-order chi connectivity index (χ1) is 10.3. The van der Waals surface area contributed by atoms with Gasteiger partial charge in [-0.2, -0.15) is 0 Å². The van der Waals surface area contributed by atoms with Gasteiger partial charge in [-0.3, -0.25) is 4.79 Å². The molecule has 1 aromatic rings. The van der Waals surface area contributed by atoms with Crippen LogP contribution in [-0.4, -0.2) is 12.5 Å². The van der Waals surface area contributed by atoms with Crippen LogP contribution in [-0.2, 0) is 17.8 Å². The third-order valence-corrected chi connectivity index (χ3v) is 4.15. The number of carbonyl (C=O) groups excluding carboxylic acids is 1. The maximum atomic E-state index is 11.9. The smallest absolute Gasteiger partial charge is 0.220 e.